The van der Waals surface area contributed by atoms with Gasteiger partial charge in [-0.3, -0.25) is 0 Å². The number of anilines is 1. The minimum Gasteiger partial charge on any atom is -0.308 e. The lowest BCUT2D eigenvalue weighted by Gasteiger charge is -2.22. The van der Waals surface area contributed by atoms with E-state index < -0.39 is 0 Å². The maximum absolute atomic E-state index is 5.62. The van der Waals surface area contributed by atoms with Gasteiger partial charge in [0.2, 0.25) is 0 Å². The Labute approximate surface area is 120 Å². The van der Waals surface area contributed by atoms with Gasteiger partial charge >= 0.3 is 0 Å². The molecule has 3 aliphatic carbocycles. The van der Waals surface area contributed by atoms with Crippen LogP contribution >= 0.6 is 0 Å². The molecule has 1 aromatic heterocycles. The molecule has 1 aromatic rings. The highest BCUT2D eigenvalue weighted by Gasteiger charge is 2.41. The first-order valence-electron chi connectivity index (χ1n) is 8.19. The number of nitrogens with two attached hydrogens (primary N) is 1. The molecule has 3 atom stereocenters. The standard InChI is InChI=1S/C16H24N4/c17-20-15-9-14(11-3-1-2-4-11)18-16(19-15)13-8-10-5-6-12(13)7-10/h9-13H,1-8,17H2,(H,18,19,20). The smallest absolute Gasteiger partial charge is 0.143 e. The van der Waals surface area contributed by atoms with Crippen LogP contribution in [0.5, 0.6) is 0 Å². The minimum absolute atomic E-state index is 0.585. The van der Waals surface area contributed by atoms with Crippen molar-refractivity contribution in [3.63, 3.8) is 0 Å². The van der Waals surface area contributed by atoms with Crippen LogP contribution in [0, 0.1) is 11.8 Å². The fourth-order valence-corrected chi connectivity index (χ4v) is 4.72. The predicted molar refractivity (Wildman–Crippen MR) is 79.2 cm³/mol. The number of fused-ring (bicyclic) bond motifs is 2. The van der Waals surface area contributed by atoms with Crippen LogP contribution in [-0.2, 0) is 0 Å². The van der Waals surface area contributed by atoms with Crippen molar-refractivity contribution in [1.29, 1.82) is 0 Å². The van der Waals surface area contributed by atoms with Gasteiger partial charge in [0.05, 0.1) is 0 Å². The van der Waals surface area contributed by atoms with Crippen molar-refractivity contribution in [3.8, 4) is 0 Å². The van der Waals surface area contributed by atoms with E-state index >= 15 is 0 Å². The molecule has 3 fully saturated rings. The SMILES string of the molecule is NNc1cc(C2CCCC2)nc(C2CC3CCC2C3)n1. The highest BCUT2D eigenvalue weighted by atomic mass is 15.3. The van der Waals surface area contributed by atoms with Crippen LogP contribution in [0.2, 0.25) is 0 Å². The predicted octanol–water partition coefficient (Wildman–Crippen LogP) is 3.32. The molecule has 4 rings (SSSR count). The molecule has 0 amide bonds. The first-order chi connectivity index (χ1) is 9.83. The van der Waals surface area contributed by atoms with E-state index in [9.17, 15) is 0 Å². The number of nitrogens with zero attached hydrogens (tertiary/aromatic N) is 2. The summed E-state index contributed by atoms with van der Waals surface area (Å²) in [6.45, 7) is 0. The third kappa shape index (κ3) is 2.10. The number of rotatable bonds is 3. The number of hydrogen-bond donors (Lipinski definition) is 2. The Balaban J connectivity index is 1.66. The summed E-state index contributed by atoms with van der Waals surface area (Å²) >= 11 is 0. The molecule has 0 radical (unpaired) electrons. The van der Waals surface area contributed by atoms with E-state index in [0.717, 1.165) is 23.5 Å². The Morgan fingerprint density at radius 2 is 1.90 bits per heavy atom. The molecular formula is C16H24N4. The Bertz CT molecular complexity index is 495. The fourth-order valence-electron chi connectivity index (χ4n) is 4.72. The topological polar surface area (TPSA) is 63.8 Å². The van der Waals surface area contributed by atoms with Crippen molar-refractivity contribution < 1.29 is 0 Å². The van der Waals surface area contributed by atoms with Gasteiger partial charge in [-0.1, -0.05) is 19.3 Å². The Morgan fingerprint density at radius 1 is 1.05 bits per heavy atom. The van der Waals surface area contributed by atoms with Gasteiger partial charge in [-0.25, -0.2) is 15.8 Å². The molecule has 0 saturated heterocycles. The molecule has 3 N–H and O–H groups in total. The van der Waals surface area contributed by atoms with Crippen molar-refractivity contribution in [2.45, 2.75) is 63.2 Å². The van der Waals surface area contributed by atoms with Gasteiger partial charge < -0.3 is 5.43 Å². The average molecular weight is 272 g/mol. The van der Waals surface area contributed by atoms with E-state index in [-0.39, 0.29) is 0 Å². The fraction of sp³-hybridized carbons (Fsp3) is 0.750. The highest BCUT2D eigenvalue weighted by molar-refractivity contribution is 5.36. The van der Waals surface area contributed by atoms with E-state index in [1.165, 1.54) is 57.1 Å². The monoisotopic (exact) mass is 272 g/mol. The quantitative estimate of drug-likeness (QED) is 0.654. The number of nitrogen functional groups attached to an aromatic ring is 1. The molecule has 0 spiro atoms. The highest BCUT2D eigenvalue weighted by Crippen LogP contribution is 2.52. The van der Waals surface area contributed by atoms with Gasteiger partial charge in [0.15, 0.2) is 0 Å². The van der Waals surface area contributed by atoms with Gasteiger partial charge in [0.25, 0.3) is 0 Å². The molecule has 3 aliphatic rings. The second kappa shape index (κ2) is 4.99. The van der Waals surface area contributed by atoms with Crippen LogP contribution in [-0.4, -0.2) is 9.97 Å². The zero-order chi connectivity index (χ0) is 13.5. The number of nitrogens with one attached hydrogen (secondary N) is 1. The number of hydrazine groups is 1. The molecule has 0 aromatic carbocycles. The molecule has 0 aliphatic heterocycles. The summed E-state index contributed by atoms with van der Waals surface area (Å²) < 4.78 is 0. The van der Waals surface area contributed by atoms with Crippen LogP contribution in [0.25, 0.3) is 0 Å². The molecule has 1 heterocycles. The minimum atomic E-state index is 0.585. The van der Waals surface area contributed by atoms with Crippen LogP contribution < -0.4 is 11.3 Å². The molecule has 3 unspecified atom stereocenters. The second-order valence-electron chi connectivity index (χ2n) is 6.94. The summed E-state index contributed by atoms with van der Waals surface area (Å²) in [6, 6.07) is 2.06. The Hall–Kier alpha value is -1.16. The van der Waals surface area contributed by atoms with Crippen LogP contribution in [0.3, 0.4) is 0 Å². The van der Waals surface area contributed by atoms with Crippen LogP contribution in [0.15, 0.2) is 6.07 Å². The molecule has 4 nitrogen and oxygen atoms in total. The summed E-state index contributed by atoms with van der Waals surface area (Å²) in [5, 5.41) is 0. The van der Waals surface area contributed by atoms with Gasteiger partial charge in [-0.2, -0.15) is 0 Å². The molecular weight excluding hydrogens is 248 g/mol. The molecule has 4 heteroatoms. The number of hydrogen-bond acceptors (Lipinski definition) is 4. The zero-order valence-corrected chi connectivity index (χ0v) is 12.0. The van der Waals surface area contributed by atoms with Crippen LogP contribution in [0.1, 0.15) is 74.7 Å². The summed E-state index contributed by atoms with van der Waals surface area (Å²) in [5.41, 5.74) is 3.97. The third-order valence-electron chi connectivity index (χ3n) is 5.75. The van der Waals surface area contributed by atoms with E-state index in [4.69, 9.17) is 10.8 Å². The summed E-state index contributed by atoms with van der Waals surface area (Å²) in [6.07, 6.45) is 10.7. The van der Waals surface area contributed by atoms with E-state index in [0.29, 0.717) is 11.8 Å². The Kier molecular flexibility index (Phi) is 3.14. The van der Waals surface area contributed by atoms with Crippen molar-refractivity contribution in [1.82, 2.24) is 9.97 Å². The third-order valence-corrected chi connectivity index (χ3v) is 5.75. The summed E-state index contributed by atoms with van der Waals surface area (Å²) in [7, 11) is 0. The largest absolute Gasteiger partial charge is 0.308 e. The van der Waals surface area contributed by atoms with Crippen molar-refractivity contribution in [3.05, 3.63) is 17.6 Å². The first-order valence-corrected chi connectivity index (χ1v) is 8.19. The average Bonchev–Trinajstić information content (AvgIpc) is 3.23. The van der Waals surface area contributed by atoms with Crippen molar-refractivity contribution in [2.24, 2.45) is 17.7 Å². The van der Waals surface area contributed by atoms with Crippen molar-refractivity contribution >= 4 is 5.82 Å². The molecule has 3 saturated carbocycles. The van der Waals surface area contributed by atoms with Gasteiger partial charge in [0, 0.05) is 23.6 Å². The van der Waals surface area contributed by atoms with E-state index in [1.54, 1.807) is 0 Å². The van der Waals surface area contributed by atoms with Crippen LogP contribution in [0.4, 0.5) is 5.82 Å². The maximum atomic E-state index is 5.62. The van der Waals surface area contributed by atoms with Gasteiger partial charge in [0.1, 0.15) is 11.6 Å². The van der Waals surface area contributed by atoms with Gasteiger partial charge in [-0.05, 0) is 43.9 Å². The number of aromatic nitrogens is 2. The molecule has 108 valence electrons. The van der Waals surface area contributed by atoms with Crippen molar-refractivity contribution in [2.75, 3.05) is 5.43 Å². The zero-order valence-electron chi connectivity index (χ0n) is 12.0. The molecule has 2 bridgehead atoms. The van der Waals surface area contributed by atoms with E-state index in [2.05, 4.69) is 16.5 Å². The first kappa shape index (κ1) is 12.6. The Morgan fingerprint density at radius 3 is 2.55 bits per heavy atom. The summed E-state index contributed by atoms with van der Waals surface area (Å²) in [5.74, 6) is 10.5. The lowest BCUT2D eigenvalue weighted by atomic mass is 9.88. The summed E-state index contributed by atoms with van der Waals surface area (Å²) in [4.78, 5) is 9.63. The lowest BCUT2D eigenvalue weighted by Crippen LogP contribution is -2.17. The normalized spacial score (nSPS) is 33.0. The van der Waals surface area contributed by atoms with E-state index in [1.807, 2.05) is 0 Å². The lowest BCUT2D eigenvalue weighted by molar-refractivity contribution is 0.404. The second-order valence-corrected chi connectivity index (χ2v) is 6.94. The molecule has 20 heavy (non-hydrogen) atoms. The maximum Gasteiger partial charge on any atom is 0.143 e. The van der Waals surface area contributed by atoms with Gasteiger partial charge in [-0.15, -0.1) is 0 Å².